The molecule has 1 unspecified atom stereocenters. The maximum atomic E-state index is 12.9. The first-order valence-corrected chi connectivity index (χ1v) is 8.80. The highest BCUT2D eigenvalue weighted by molar-refractivity contribution is 6.17. The molecule has 1 aromatic heterocycles. The van der Waals surface area contributed by atoms with Gasteiger partial charge in [-0.15, -0.1) is 0 Å². The van der Waals surface area contributed by atoms with Crippen LogP contribution in [0.3, 0.4) is 0 Å². The van der Waals surface area contributed by atoms with Crippen LogP contribution in [-0.2, 0) is 9.59 Å². The average molecular weight is 366 g/mol. The third kappa shape index (κ3) is 3.43. The molecule has 0 radical (unpaired) electrons. The second kappa shape index (κ2) is 7.23. The Kier molecular flexibility index (Phi) is 4.99. The lowest BCUT2D eigenvalue weighted by atomic mass is 9.92. The lowest BCUT2D eigenvalue weighted by Gasteiger charge is -2.27. The molecule has 6 heteroatoms. The van der Waals surface area contributed by atoms with Crippen molar-refractivity contribution in [1.82, 2.24) is 4.98 Å². The van der Waals surface area contributed by atoms with E-state index < -0.39 is 17.7 Å². The van der Waals surface area contributed by atoms with Gasteiger partial charge in [-0.1, -0.05) is 19.9 Å². The van der Waals surface area contributed by atoms with Gasteiger partial charge < -0.3 is 10.2 Å². The van der Waals surface area contributed by atoms with Gasteiger partial charge in [0.2, 0.25) is 0 Å². The number of aliphatic hydroxyl groups excluding tert-OH is 1. The molecule has 6 nitrogen and oxygen atoms in total. The van der Waals surface area contributed by atoms with Crippen LogP contribution < -0.4 is 4.90 Å². The summed E-state index contributed by atoms with van der Waals surface area (Å²) in [6.07, 6.45) is 3.34. The van der Waals surface area contributed by atoms with Crippen LogP contribution in [0.25, 0.3) is 0 Å². The monoisotopic (exact) mass is 366 g/mol. The van der Waals surface area contributed by atoms with Crippen LogP contribution in [0.4, 0.5) is 5.69 Å². The average Bonchev–Trinajstić information content (AvgIpc) is 2.89. The summed E-state index contributed by atoms with van der Waals surface area (Å²) in [5.41, 5.74) is 1.78. The van der Waals surface area contributed by atoms with Crippen LogP contribution in [0.1, 0.15) is 37.4 Å². The Labute approximate surface area is 157 Å². The molecule has 1 atom stereocenters. The first-order chi connectivity index (χ1) is 12.8. The van der Waals surface area contributed by atoms with Gasteiger partial charge >= 0.3 is 0 Å². The second-order valence-electron chi connectivity index (χ2n) is 7.13. The van der Waals surface area contributed by atoms with Gasteiger partial charge in [0.1, 0.15) is 5.75 Å². The van der Waals surface area contributed by atoms with Gasteiger partial charge in [-0.3, -0.25) is 19.5 Å². The Balaban J connectivity index is 2.18. The minimum atomic E-state index is -0.820. The smallest absolute Gasteiger partial charge is 0.294 e. The number of Topliss-reactive ketones (excluding diaryl/α,β-unsaturated/α-hetero) is 1. The summed E-state index contributed by atoms with van der Waals surface area (Å²) in [6.45, 7) is 5.64. The largest absolute Gasteiger partial charge is 0.506 e. The number of anilines is 1. The Morgan fingerprint density at radius 1 is 1.19 bits per heavy atom. The van der Waals surface area contributed by atoms with Gasteiger partial charge in [0, 0.05) is 18.8 Å². The van der Waals surface area contributed by atoms with Crippen molar-refractivity contribution < 1.29 is 19.8 Å². The number of aromatic nitrogens is 1. The summed E-state index contributed by atoms with van der Waals surface area (Å²) in [5, 5.41) is 20.9. The van der Waals surface area contributed by atoms with E-state index in [1.165, 1.54) is 11.0 Å². The molecule has 0 saturated carbocycles. The number of pyridine rings is 1. The zero-order chi connectivity index (χ0) is 19.7. The number of phenolic OH excluding ortho intramolecular Hbond substituents is 1. The molecule has 2 aromatic rings. The van der Waals surface area contributed by atoms with Gasteiger partial charge in [-0.05, 0) is 48.2 Å². The predicted molar refractivity (Wildman–Crippen MR) is 101 cm³/mol. The fourth-order valence-electron chi connectivity index (χ4n) is 3.31. The summed E-state index contributed by atoms with van der Waals surface area (Å²) < 4.78 is 0. The number of hydrogen-bond acceptors (Lipinski definition) is 5. The van der Waals surface area contributed by atoms with E-state index in [4.69, 9.17) is 0 Å². The Morgan fingerprint density at radius 3 is 2.48 bits per heavy atom. The second-order valence-corrected chi connectivity index (χ2v) is 7.13. The van der Waals surface area contributed by atoms with Crippen molar-refractivity contribution in [2.24, 2.45) is 5.92 Å². The van der Waals surface area contributed by atoms with Gasteiger partial charge in [0.05, 0.1) is 17.3 Å². The first-order valence-electron chi connectivity index (χ1n) is 8.80. The molecule has 1 aliphatic heterocycles. The zero-order valence-corrected chi connectivity index (χ0v) is 15.5. The van der Waals surface area contributed by atoms with Crippen LogP contribution in [0, 0.1) is 12.8 Å². The Bertz CT molecular complexity index is 919. The number of amides is 1. The van der Waals surface area contributed by atoms with Crippen molar-refractivity contribution in [1.29, 1.82) is 0 Å². The highest BCUT2D eigenvalue weighted by Gasteiger charge is 2.45. The standard InChI is InChI=1S/C21H22N2O4/c1-12(2)10-17(25)18-19(14-6-8-22-9-7-14)23(21(27)20(18)26)15-11-13(3)4-5-16(15)24/h4-9,11-12,19,24,26H,10H2,1-3H3. The number of aromatic hydroxyl groups is 1. The zero-order valence-electron chi connectivity index (χ0n) is 15.5. The van der Waals surface area contributed by atoms with Crippen molar-refractivity contribution >= 4 is 17.4 Å². The molecule has 3 rings (SSSR count). The summed E-state index contributed by atoms with van der Waals surface area (Å²) in [5.74, 6) is -1.58. The maximum Gasteiger partial charge on any atom is 0.294 e. The quantitative estimate of drug-likeness (QED) is 0.843. The van der Waals surface area contributed by atoms with Crippen molar-refractivity contribution in [3.8, 4) is 5.75 Å². The van der Waals surface area contributed by atoms with E-state index in [0.29, 0.717) is 5.56 Å². The fourth-order valence-corrected chi connectivity index (χ4v) is 3.31. The van der Waals surface area contributed by atoms with Crippen LogP contribution in [0.15, 0.2) is 54.1 Å². The van der Waals surface area contributed by atoms with E-state index in [-0.39, 0.29) is 35.1 Å². The van der Waals surface area contributed by atoms with Gasteiger partial charge in [-0.2, -0.15) is 0 Å². The van der Waals surface area contributed by atoms with Gasteiger partial charge in [-0.25, -0.2) is 0 Å². The Morgan fingerprint density at radius 2 is 1.85 bits per heavy atom. The molecule has 2 N–H and O–H groups in total. The molecule has 0 bridgehead atoms. The summed E-state index contributed by atoms with van der Waals surface area (Å²) in [6, 6.07) is 7.44. The van der Waals surface area contributed by atoms with Gasteiger partial charge in [0.15, 0.2) is 11.5 Å². The number of ketones is 1. The van der Waals surface area contributed by atoms with E-state index in [1.807, 2.05) is 20.8 Å². The van der Waals surface area contributed by atoms with Crippen molar-refractivity contribution in [2.45, 2.75) is 33.2 Å². The molecule has 140 valence electrons. The SMILES string of the molecule is Cc1ccc(O)c(N2C(=O)C(O)=C(C(=O)CC(C)C)C2c2ccncc2)c1. The van der Waals surface area contributed by atoms with E-state index in [9.17, 15) is 19.8 Å². The van der Waals surface area contributed by atoms with E-state index in [1.54, 1.807) is 36.7 Å². The molecule has 27 heavy (non-hydrogen) atoms. The lowest BCUT2D eigenvalue weighted by Crippen LogP contribution is -2.31. The van der Waals surface area contributed by atoms with E-state index in [2.05, 4.69) is 4.98 Å². The molecule has 0 spiro atoms. The number of nitrogens with zero attached hydrogens (tertiary/aromatic N) is 2. The first kappa shape index (κ1) is 18.6. The van der Waals surface area contributed by atoms with Crippen LogP contribution >= 0.6 is 0 Å². The topological polar surface area (TPSA) is 90.7 Å². The van der Waals surface area contributed by atoms with Crippen molar-refractivity contribution in [2.75, 3.05) is 4.90 Å². The minimum absolute atomic E-state index is 0.0563. The molecular weight excluding hydrogens is 344 g/mol. The highest BCUT2D eigenvalue weighted by Crippen LogP contribution is 2.44. The number of carbonyl (C=O) groups excluding carboxylic acids is 2. The third-order valence-electron chi connectivity index (χ3n) is 4.51. The van der Waals surface area contributed by atoms with E-state index >= 15 is 0 Å². The van der Waals surface area contributed by atoms with Crippen LogP contribution in [-0.4, -0.2) is 26.9 Å². The number of phenols is 1. The lowest BCUT2D eigenvalue weighted by molar-refractivity contribution is -0.118. The molecule has 0 aliphatic carbocycles. The van der Waals surface area contributed by atoms with Crippen molar-refractivity contribution in [3.05, 3.63) is 65.2 Å². The van der Waals surface area contributed by atoms with Gasteiger partial charge in [0.25, 0.3) is 5.91 Å². The molecule has 0 saturated heterocycles. The molecule has 1 amide bonds. The number of aliphatic hydroxyl groups is 1. The number of carbonyl (C=O) groups is 2. The summed E-state index contributed by atoms with van der Waals surface area (Å²) in [7, 11) is 0. The third-order valence-corrected chi connectivity index (χ3v) is 4.51. The molecular formula is C21H22N2O4. The van der Waals surface area contributed by atoms with E-state index in [0.717, 1.165) is 5.56 Å². The fraction of sp³-hybridized carbons (Fsp3) is 0.286. The number of rotatable bonds is 5. The van der Waals surface area contributed by atoms with Crippen LogP contribution in [0.5, 0.6) is 5.75 Å². The highest BCUT2D eigenvalue weighted by atomic mass is 16.3. The Hall–Kier alpha value is -3.15. The molecule has 1 aromatic carbocycles. The van der Waals surface area contributed by atoms with Crippen molar-refractivity contribution in [3.63, 3.8) is 0 Å². The predicted octanol–water partition coefficient (Wildman–Crippen LogP) is 3.61. The number of aryl methyl sites for hydroxylation is 1. The van der Waals surface area contributed by atoms with Crippen LogP contribution in [0.2, 0.25) is 0 Å². The summed E-state index contributed by atoms with van der Waals surface area (Å²) >= 11 is 0. The number of benzene rings is 1. The summed E-state index contributed by atoms with van der Waals surface area (Å²) in [4.78, 5) is 31.0. The normalized spacial score (nSPS) is 17.1. The number of hydrogen-bond donors (Lipinski definition) is 2. The molecule has 0 fully saturated rings. The minimum Gasteiger partial charge on any atom is -0.506 e. The molecule has 2 heterocycles. The molecule has 1 aliphatic rings. The maximum absolute atomic E-state index is 12.9.